The number of amides is 2. The molecule has 1 aliphatic rings. The van der Waals surface area contributed by atoms with Crippen LogP contribution in [0.1, 0.15) is 32.6 Å². The molecule has 0 saturated carbocycles. The van der Waals surface area contributed by atoms with E-state index in [1.165, 1.54) is 0 Å². The standard InChI is InChI=1S/C25H23ClN2O2/c1-17-6-9-20(10-7-17)25(30)28-13-12-19-11-8-18(14-23(19)28)16-27-24(29)15-21-4-2-3-5-22(21)26/h2-11,14H,12-13,15-16H2,1H3,(H,27,29). The molecule has 0 unspecified atom stereocenters. The molecule has 0 saturated heterocycles. The van der Waals surface area contributed by atoms with Crippen molar-refractivity contribution >= 4 is 29.1 Å². The number of hydrogen-bond donors (Lipinski definition) is 1. The van der Waals surface area contributed by atoms with Crippen molar-refractivity contribution in [3.05, 3.63) is 99.6 Å². The van der Waals surface area contributed by atoms with E-state index in [4.69, 9.17) is 11.6 Å². The zero-order chi connectivity index (χ0) is 21.1. The predicted octanol–water partition coefficient (Wildman–Crippen LogP) is 4.71. The molecule has 0 aliphatic carbocycles. The molecule has 1 aliphatic heterocycles. The molecule has 30 heavy (non-hydrogen) atoms. The maximum Gasteiger partial charge on any atom is 0.258 e. The molecule has 4 rings (SSSR count). The van der Waals surface area contributed by atoms with E-state index in [1.807, 2.05) is 72.5 Å². The van der Waals surface area contributed by atoms with Crippen LogP contribution in [0.2, 0.25) is 5.02 Å². The van der Waals surface area contributed by atoms with Crippen molar-refractivity contribution in [1.82, 2.24) is 5.32 Å². The lowest BCUT2D eigenvalue weighted by Crippen LogP contribution is -2.29. The van der Waals surface area contributed by atoms with E-state index in [1.54, 1.807) is 6.07 Å². The van der Waals surface area contributed by atoms with Crippen LogP contribution < -0.4 is 10.2 Å². The Morgan fingerprint density at radius 1 is 1.03 bits per heavy atom. The maximum absolute atomic E-state index is 13.0. The third kappa shape index (κ3) is 4.39. The van der Waals surface area contributed by atoms with Crippen LogP contribution in [0.3, 0.4) is 0 Å². The van der Waals surface area contributed by atoms with E-state index >= 15 is 0 Å². The molecule has 0 spiro atoms. The van der Waals surface area contributed by atoms with Crippen molar-refractivity contribution in [2.24, 2.45) is 0 Å². The molecular formula is C25H23ClN2O2. The Bertz CT molecular complexity index is 1090. The average Bonchev–Trinajstić information content (AvgIpc) is 3.17. The lowest BCUT2D eigenvalue weighted by atomic mass is 10.1. The fraction of sp³-hybridized carbons (Fsp3) is 0.200. The summed E-state index contributed by atoms with van der Waals surface area (Å²) in [4.78, 5) is 27.1. The highest BCUT2D eigenvalue weighted by Gasteiger charge is 2.25. The van der Waals surface area contributed by atoms with Crippen molar-refractivity contribution in [3.8, 4) is 0 Å². The third-order valence-electron chi connectivity index (χ3n) is 5.39. The zero-order valence-corrected chi connectivity index (χ0v) is 17.6. The number of benzene rings is 3. The predicted molar refractivity (Wildman–Crippen MR) is 120 cm³/mol. The fourth-order valence-corrected chi connectivity index (χ4v) is 3.88. The molecule has 0 radical (unpaired) electrons. The Balaban J connectivity index is 1.44. The van der Waals surface area contributed by atoms with Crippen molar-refractivity contribution in [3.63, 3.8) is 0 Å². The summed E-state index contributed by atoms with van der Waals surface area (Å²) in [6.07, 6.45) is 1.08. The number of fused-ring (bicyclic) bond motifs is 1. The second kappa shape index (κ2) is 8.72. The van der Waals surface area contributed by atoms with E-state index in [0.717, 1.165) is 34.4 Å². The smallest absolute Gasteiger partial charge is 0.258 e. The monoisotopic (exact) mass is 418 g/mol. The molecule has 5 heteroatoms. The Morgan fingerprint density at radius 3 is 2.57 bits per heavy atom. The molecule has 4 nitrogen and oxygen atoms in total. The molecule has 0 atom stereocenters. The summed E-state index contributed by atoms with van der Waals surface area (Å²) < 4.78 is 0. The van der Waals surface area contributed by atoms with Crippen molar-refractivity contribution in [1.29, 1.82) is 0 Å². The lowest BCUT2D eigenvalue weighted by Gasteiger charge is -2.18. The van der Waals surface area contributed by atoms with Crippen LogP contribution in [0.4, 0.5) is 5.69 Å². The van der Waals surface area contributed by atoms with Crippen LogP contribution >= 0.6 is 11.6 Å². The van der Waals surface area contributed by atoms with Crippen LogP contribution in [0.15, 0.2) is 66.7 Å². The first-order chi connectivity index (χ1) is 14.5. The van der Waals surface area contributed by atoms with Crippen LogP contribution in [-0.2, 0) is 24.2 Å². The molecule has 0 bridgehead atoms. The SMILES string of the molecule is Cc1ccc(C(=O)N2CCc3ccc(CNC(=O)Cc4ccccc4Cl)cc32)cc1. The quantitative estimate of drug-likeness (QED) is 0.652. The van der Waals surface area contributed by atoms with Gasteiger partial charge in [0.1, 0.15) is 0 Å². The third-order valence-corrected chi connectivity index (χ3v) is 5.76. The van der Waals surface area contributed by atoms with Crippen molar-refractivity contribution in [2.45, 2.75) is 26.3 Å². The topological polar surface area (TPSA) is 49.4 Å². The minimum atomic E-state index is -0.0869. The van der Waals surface area contributed by atoms with Crippen molar-refractivity contribution < 1.29 is 9.59 Å². The van der Waals surface area contributed by atoms with Gasteiger partial charge in [-0.2, -0.15) is 0 Å². The highest BCUT2D eigenvalue weighted by molar-refractivity contribution is 6.31. The second-order valence-electron chi connectivity index (χ2n) is 7.58. The Hall–Kier alpha value is -3.11. The summed E-state index contributed by atoms with van der Waals surface area (Å²) in [5.74, 6) is -0.0789. The minimum absolute atomic E-state index is 0.00801. The Kier molecular flexibility index (Phi) is 5.86. The Labute approximate surface area is 181 Å². The van der Waals surface area contributed by atoms with Crippen LogP contribution in [-0.4, -0.2) is 18.4 Å². The molecule has 3 aromatic carbocycles. The summed E-state index contributed by atoms with van der Waals surface area (Å²) in [5.41, 5.74) is 5.67. The van der Waals surface area contributed by atoms with Gasteiger partial charge in [0.2, 0.25) is 5.91 Å². The number of carbonyl (C=O) groups excluding carboxylic acids is 2. The van der Waals surface area contributed by atoms with Gasteiger partial charge in [0, 0.05) is 29.4 Å². The lowest BCUT2D eigenvalue weighted by molar-refractivity contribution is -0.120. The second-order valence-corrected chi connectivity index (χ2v) is 7.99. The molecule has 152 valence electrons. The number of hydrogen-bond acceptors (Lipinski definition) is 2. The molecule has 1 N–H and O–H groups in total. The maximum atomic E-state index is 13.0. The molecule has 3 aromatic rings. The molecular weight excluding hydrogens is 396 g/mol. The first kappa shape index (κ1) is 20.2. The number of anilines is 1. The van der Waals surface area contributed by atoms with Gasteiger partial charge in [-0.25, -0.2) is 0 Å². The average molecular weight is 419 g/mol. The number of rotatable bonds is 5. The minimum Gasteiger partial charge on any atom is -0.352 e. The van der Waals surface area contributed by atoms with Crippen LogP contribution in [0, 0.1) is 6.92 Å². The number of carbonyl (C=O) groups is 2. The summed E-state index contributed by atoms with van der Waals surface area (Å²) >= 11 is 6.14. The molecule has 2 amide bonds. The van der Waals surface area contributed by atoms with E-state index in [-0.39, 0.29) is 18.2 Å². The highest BCUT2D eigenvalue weighted by atomic mass is 35.5. The normalized spacial score (nSPS) is 12.5. The van der Waals surface area contributed by atoms with Gasteiger partial charge in [-0.05, 0) is 54.3 Å². The zero-order valence-electron chi connectivity index (χ0n) is 16.8. The van der Waals surface area contributed by atoms with Crippen molar-refractivity contribution in [2.75, 3.05) is 11.4 Å². The number of nitrogens with one attached hydrogen (secondary N) is 1. The summed E-state index contributed by atoms with van der Waals surface area (Å²) in [6.45, 7) is 3.08. The van der Waals surface area contributed by atoms with E-state index in [2.05, 4.69) is 5.32 Å². The van der Waals surface area contributed by atoms with Gasteiger partial charge < -0.3 is 10.2 Å². The first-order valence-electron chi connectivity index (χ1n) is 10.0. The highest BCUT2D eigenvalue weighted by Crippen LogP contribution is 2.30. The van der Waals surface area contributed by atoms with Gasteiger partial charge in [-0.1, -0.05) is 59.6 Å². The van der Waals surface area contributed by atoms with Gasteiger partial charge in [0.15, 0.2) is 0 Å². The van der Waals surface area contributed by atoms with Crippen LogP contribution in [0.25, 0.3) is 0 Å². The molecule has 0 aromatic heterocycles. The van der Waals surface area contributed by atoms with Gasteiger partial charge in [-0.15, -0.1) is 0 Å². The van der Waals surface area contributed by atoms with Gasteiger partial charge >= 0.3 is 0 Å². The summed E-state index contributed by atoms with van der Waals surface area (Å²) in [7, 11) is 0. The van der Waals surface area contributed by atoms with E-state index in [9.17, 15) is 9.59 Å². The number of halogens is 1. The van der Waals surface area contributed by atoms with E-state index in [0.29, 0.717) is 23.7 Å². The Morgan fingerprint density at radius 2 is 1.80 bits per heavy atom. The molecule has 0 fully saturated rings. The van der Waals surface area contributed by atoms with E-state index < -0.39 is 0 Å². The molecule has 1 heterocycles. The summed E-state index contributed by atoms with van der Waals surface area (Å²) in [6, 6.07) is 21.1. The summed E-state index contributed by atoms with van der Waals surface area (Å²) in [5, 5.41) is 3.54. The van der Waals surface area contributed by atoms with Crippen LogP contribution in [0.5, 0.6) is 0 Å². The largest absolute Gasteiger partial charge is 0.352 e. The van der Waals surface area contributed by atoms with Gasteiger partial charge in [0.25, 0.3) is 5.91 Å². The van der Waals surface area contributed by atoms with Gasteiger partial charge in [-0.3, -0.25) is 9.59 Å². The number of nitrogens with zero attached hydrogens (tertiary/aromatic N) is 1. The first-order valence-corrected chi connectivity index (χ1v) is 10.4. The fourth-order valence-electron chi connectivity index (χ4n) is 3.68. The van der Waals surface area contributed by atoms with Gasteiger partial charge in [0.05, 0.1) is 6.42 Å². The number of aryl methyl sites for hydroxylation is 1.